The minimum absolute atomic E-state index is 0.218. The van der Waals surface area contributed by atoms with Gasteiger partial charge in [-0.2, -0.15) is 0 Å². The molecule has 2 aliphatic rings. The highest BCUT2D eigenvalue weighted by molar-refractivity contribution is 6.07. The van der Waals surface area contributed by atoms with Crippen molar-refractivity contribution in [1.82, 2.24) is 4.58 Å². The van der Waals surface area contributed by atoms with E-state index in [1.165, 1.54) is 0 Å². The minimum atomic E-state index is -1.41. The largest absolute Gasteiger partial charge is 0.478 e. The van der Waals surface area contributed by atoms with Crippen molar-refractivity contribution in [2.45, 2.75) is 13.2 Å². The van der Waals surface area contributed by atoms with E-state index in [2.05, 4.69) is 5.32 Å². The van der Waals surface area contributed by atoms with E-state index in [1.54, 1.807) is 19.1 Å². The van der Waals surface area contributed by atoms with Gasteiger partial charge in [-0.1, -0.05) is 25.1 Å². The Bertz CT molecular complexity index is 1370. The first kappa shape index (κ1) is 22.5. The van der Waals surface area contributed by atoms with Crippen LogP contribution >= 0.6 is 0 Å². The smallest absolute Gasteiger partial charge is 0.336 e. The van der Waals surface area contributed by atoms with Gasteiger partial charge in [0.15, 0.2) is 6.29 Å². The number of rotatable bonds is 6. The number of aliphatic hydroxyl groups is 2. The van der Waals surface area contributed by atoms with Crippen LogP contribution in [0.4, 0.5) is 5.69 Å². The number of aromatic carboxylic acids is 1. The second-order valence-corrected chi connectivity index (χ2v) is 8.39. The zero-order chi connectivity index (χ0) is 23.7. The van der Waals surface area contributed by atoms with Gasteiger partial charge in [0.25, 0.3) is 0 Å². The molecule has 0 spiro atoms. The molecule has 0 saturated carbocycles. The Kier molecular flexibility index (Phi) is 6.18. The molecule has 0 fully saturated rings. The molecule has 33 heavy (non-hydrogen) atoms. The first-order valence-corrected chi connectivity index (χ1v) is 10.7. The van der Waals surface area contributed by atoms with Crippen molar-refractivity contribution in [1.29, 1.82) is 0 Å². The van der Waals surface area contributed by atoms with Gasteiger partial charge in [0.05, 0.1) is 11.6 Å². The number of fused-ring (bicyclic) bond motifs is 2. The number of carboxylic acid groups (broad SMARTS) is 1. The Labute approximate surface area is 191 Å². The molecule has 4 rings (SSSR count). The maximum atomic E-state index is 12.0. The quantitative estimate of drug-likeness (QED) is 0.205. The summed E-state index contributed by atoms with van der Waals surface area (Å²) in [6, 6.07) is 18.5. The lowest BCUT2D eigenvalue weighted by molar-refractivity contribution is -0.0745. The van der Waals surface area contributed by atoms with E-state index < -0.39 is 12.3 Å². The van der Waals surface area contributed by atoms with E-state index in [9.17, 15) is 20.1 Å². The Morgan fingerprint density at radius 3 is 2.48 bits per heavy atom. The standard InChI is InChI=1S/C26H26N2O5/c1-15(25(29)30)14-27-16-8-10-20-22(12-16)33-23-13-17(28(2)3)9-11-21(23)24(20)18-6-4-5-7-19(18)26(31)32/h4-13,15,25,29-30H,14H2,1-3H3,(H,31,32)/p+1. The van der Waals surface area contributed by atoms with Crippen LogP contribution in [0.25, 0.3) is 33.4 Å². The Balaban J connectivity index is 1.98. The summed E-state index contributed by atoms with van der Waals surface area (Å²) in [6.07, 6.45) is -1.41. The predicted molar refractivity (Wildman–Crippen MR) is 128 cm³/mol. The van der Waals surface area contributed by atoms with E-state index in [4.69, 9.17) is 4.42 Å². The van der Waals surface area contributed by atoms with Crippen LogP contribution in [0.3, 0.4) is 0 Å². The fraction of sp³-hybridized carbons (Fsp3) is 0.231. The molecule has 0 saturated heterocycles. The maximum absolute atomic E-state index is 12.0. The molecular weight excluding hydrogens is 420 g/mol. The van der Waals surface area contributed by atoms with E-state index in [1.807, 2.05) is 67.2 Å². The summed E-state index contributed by atoms with van der Waals surface area (Å²) in [7, 11) is 3.89. The Morgan fingerprint density at radius 1 is 1.03 bits per heavy atom. The summed E-state index contributed by atoms with van der Waals surface area (Å²) < 4.78 is 8.26. The number of aliphatic hydroxyl groups excluding tert-OH is 1. The average Bonchev–Trinajstić information content (AvgIpc) is 2.80. The lowest BCUT2D eigenvalue weighted by atomic mass is 9.90. The van der Waals surface area contributed by atoms with Crippen molar-refractivity contribution in [3.63, 3.8) is 0 Å². The van der Waals surface area contributed by atoms with Crippen LogP contribution in [0, 0.1) is 5.92 Å². The van der Waals surface area contributed by atoms with Crippen molar-refractivity contribution in [3.05, 3.63) is 71.6 Å². The Morgan fingerprint density at radius 2 is 1.79 bits per heavy atom. The van der Waals surface area contributed by atoms with Gasteiger partial charge in [-0.25, -0.2) is 9.37 Å². The zero-order valence-corrected chi connectivity index (χ0v) is 18.7. The number of nitrogens with one attached hydrogen (secondary N) is 1. The van der Waals surface area contributed by atoms with Gasteiger partial charge in [-0.15, -0.1) is 0 Å². The zero-order valence-electron chi connectivity index (χ0n) is 18.7. The van der Waals surface area contributed by atoms with Crippen molar-refractivity contribution in [2.24, 2.45) is 5.92 Å². The lowest BCUT2D eigenvalue weighted by Crippen LogP contribution is -2.24. The molecule has 1 heterocycles. The second-order valence-electron chi connectivity index (χ2n) is 8.39. The summed E-state index contributed by atoms with van der Waals surface area (Å²) in [4.78, 5) is 12.0. The first-order valence-electron chi connectivity index (χ1n) is 10.7. The summed E-state index contributed by atoms with van der Waals surface area (Å²) >= 11 is 0. The second kappa shape index (κ2) is 9.05. The molecular formula is C26H27N2O5+. The maximum Gasteiger partial charge on any atom is 0.336 e. The molecule has 0 radical (unpaired) electrons. The number of hydrogen-bond acceptors (Lipinski definition) is 5. The molecule has 7 nitrogen and oxygen atoms in total. The fourth-order valence-corrected chi connectivity index (χ4v) is 3.83. The van der Waals surface area contributed by atoms with Gasteiger partial charge in [0.1, 0.15) is 25.4 Å². The third-order valence-corrected chi connectivity index (χ3v) is 5.79. The molecule has 0 bridgehead atoms. The SMILES string of the molecule is CC(CNc1ccc2c(-c3ccccc3C(=O)O)c3ccc(=[N+](C)C)cc-3oc2c1)C(O)O. The fourth-order valence-electron chi connectivity index (χ4n) is 3.83. The molecule has 1 atom stereocenters. The van der Waals surface area contributed by atoms with E-state index in [0.29, 0.717) is 23.5 Å². The highest BCUT2D eigenvalue weighted by Gasteiger charge is 2.22. The minimum Gasteiger partial charge on any atom is -0.478 e. The van der Waals surface area contributed by atoms with Crippen LogP contribution in [0.5, 0.6) is 0 Å². The third kappa shape index (κ3) is 4.46. The molecule has 1 aliphatic carbocycles. The molecule has 1 aliphatic heterocycles. The van der Waals surface area contributed by atoms with Crippen LogP contribution < -0.4 is 15.2 Å². The predicted octanol–water partition coefficient (Wildman–Crippen LogP) is 3.29. The van der Waals surface area contributed by atoms with Crippen molar-refractivity contribution in [2.75, 3.05) is 26.0 Å². The monoisotopic (exact) mass is 447 g/mol. The highest BCUT2D eigenvalue weighted by Crippen LogP contribution is 2.41. The average molecular weight is 448 g/mol. The van der Waals surface area contributed by atoms with Crippen LogP contribution in [-0.2, 0) is 0 Å². The summed E-state index contributed by atoms with van der Waals surface area (Å²) in [5.41, 5.74) is 3.80. The summed E-state index contributed by atoms with van der Waals surface area (Å²) in [6.45, 7) is 2.11. The van der Waals surface area contributed by atoms with Crippen LogP contribution in [-0.4, -0.2) is 48.2 Å². The summed E-state index contributed by atoms with van der Waals surface area (Å²) in [5.74, 6) is -0.706. The van der Waals surface area contributed by atoms with Gasteiger partial charge in [0.2, 0.25) is 5.36 Å². The molecule has 2 aromatic carbocycles. The lowest BCUT2D eigenvalue weighted by Gasteiger charge is -2.18. The van der Waals surface area contributed by atoms with Gasteiger partial charge in [-0.05, 0) is 29.8 Å². The molecule has 4 N–H and O–H groups in total. The molecule has 0 amide bonds. The van der Waals surface area contributed by atoms with Gasteiger partial charge in [0, 0.05) is 46.8 Å². The van der Waals surface area contributed by atoms with Crippen molar-refractivity contribution >= 4 is 22.6 Å². The molecule has 2 aromatic rings. The Hall–Kier alpha value is -3.68. The van der Waals surface area contributed by atoms with Gasteiger partial charge >= 0.3 is 5.97 Å². The van der Waals surface area contributed by atoms with Gasteiger partial charge in [-0.3, -0.25) is 0 Å². The van der Waals surface area contributed by atoms with Crippen LogP contribution in [0.2, 0.25) is 0 Å². The molecule has 170 valence electrons. The molecule has 7 heteroatoms. The normalized spacial score (nSPS) is 12.3. The molecule has 1 unspecified atom stereocenters. The van der Waals surface area contributed by atoms with Crippen LogP contribution in [0.15, 0.2) is 65.1 Å². The number of hydrogen-bond donors (Lipinski definition) is 4. The van der Waals surface area contributed by atoms with Gasteiger partial charge < -0.3 is 25.1 Å². The number of anilines is 1. The molecule has 0 aromatic heterocycles. The third-order valence-electron chi connectivity index (χ3n) is 5.79. The van der Waals surface area contributed by atoms with E-state index in [0.717, 1.165) is 27.6 Å². The number of nitrogens with zero attached hydrogens (tertiary/aromatic N) is 1. The highest BCUT2D eigenvalue weighted by atomic mass is 16.5. The number of carbonyl (C=O) groups is 1. The number of benzene rings is 3. The first-order chi connectivity index (χ1) is 15.8. The van der Waals surface area contributed by atoms with Crippen LogP contribution in [0.1, 0.15) is 17.3 Å². The number of carboxylic acids is 1. The summed E-state index contributed by atoms with van der Waals surface area (Å²) in [5, 5.41) is 33.4. The topological polar surface area (TPSA) is 106 Å². The van der Waals surface area contributed by atoms with Crippen molar-refractivity contribution < 1.29 is 24.5 Å². The van der Waals surface area contributed by atoms with Crippen molar-refractivity contribution in [3.8, 4) is 22.5 Å². The van der Waals surface area contributed by atoms with E-state index >= 15 is 0 Å². The van der Waals surface area contributed by atoms with E-state index in [-0.39, 0.29) is 11.5 Å².